The van der Waals surface area contributed by atoms with Crippen LogP contribution in [-0.4, -0.2) is 47.9 Å². The van der Waals surface area contributed by atoms with E-state index in [9.17, 15) is 0 Å². The van der Waals surface area contributed by atoms with Gasteiger partial charge < -0.3 is 4.90 Å². The van der Waals surface area contributed by atoms with Crippen LogP contribution in [0.1, 0.15) is 25.7 Å². The Morgan fingerprint density at radius 3 is 2.45 bits per heavy atom. The van der Waals surface area contributed by atoms with E-state index >= 15 is 0 Å². The number of nitrogens with zero attached hydrogens (tertiary/aromatic N) is 3. The number of hydrogen-bond donors (Lipinski definition) is 0. The number of rotatable bonds is 4. The van der Waals surface area contributed by atoms with E-state index < -0.39 is 0 Å². The van der Waals surface area contributed by atoms with Gasteiger partial charge in [-0.05, 0) is 30.4 Å². The Hall–Kier alpha value is -0.610. The van der Waals surface area contributed by atoms with E-state index in [0.29, 0.717) is 5.41 Å². The molecule has 1 aliphatic carbocycles. The van der Waals surface area contributed by atoms with Crippen molar-refractivity contribution in [3.63, 3.8) is 0 Å². The fourth-order valence-electron chi connectivity index (χ4n) is 3.61. The summed E-state index contributed by atoms with van der Waals surface area (Å²) >= 11 is 3.76. The number of halogens is 1. The Balaban J connectivity index is 1.54. The Kier molecular flexibility index (Phi) is 4.61. The van der Waals surface area contributed by atoms with E-state index in [1.165, 1.54) is 50.6 Å². The quantitative estimate of drug-likeness (QED) is 0.786. The van der Waals surface area contributed by atoms with Crippen LogP contribution in [0.5, 0.6) is 0 Å². The summed E-state index contributed by atoms with van der Waals surface area (Å²) in [5.41, 5.74) is 0.549. The van der Waals surface area contributed by atoms with Crippen LogP contribution in [0.3, 0.4) is 0 Å². The standard InChI is InChI=1S/C16H24BrN3/c17-13-16(6-2-3-7-16)14-19-9-11-20(12-10-19)15-5-1-4-8-18-15/h1,4-5,8H,2-3,6-7,9-14H2. The molecule has 2 heterocycles. The maximum Gasteiger partial charge on any atom is 0.128 e. The minimum absolute atomic E-state index is 0.549. The van der Waals surface area contributed by atoms with Crippen molar-refractivity contribution in [3.05, 3.63) is 24.4 Å². The first-order valence-corrected chi connectivity index (χ1v) is 8.88. The van der Waals surface area contributed by atoms with Gasteiger partial charge in [-0.3, -0.25) is 4.90 Å². The third-order valence-corrected chi connectivity index (χ3v) is 6.04. The van der Waals surface area contributed by atoms with Crippen LogP contribution in [0.25, 0.3) is 0 Å². The summed E-state index contributed by atoms with van der Waals surface area (Å²) in [7, 11) is 0. The molecule has 0 N–H and O–H groups in total. The number of aromatic nitrogens is 1. The highest BCUT2D eigenvalue weighted by Gasteiger charge is 2.35. The fraction of sp³-hybridized carbons (Fsp3) is 0.688. The molecule has 1 aliphatic heterocycles. The van der Waals surface area contributed by atoms with Crippen molar-refractivity contribution in [1.29, 1.82) is 0 Å². The SMILES string of the molecule is BrCC1(CN2CCN(c3ccccn3)CC2)CCCC1. The summed E-state index contributed by atoms with van der Waals surface area (Å²) in [6.45, 7) is 5.83. The van der Waals surface area contributed by atoms with Crippen LogP contribution in [0.2, 0.25) is 0 Å². The zero-order valence-corrected chi connectivity index (χ0v) is 13.7. The van der Waals surface area contributed by atoms with Crippen LogP contribution in [0, 0.1) is 5.41 Å². The van der Waals surface area contributed by atoms with Gasteiger partial charge in [0, 0.05) is 44.3 Å². The third-order valence-electron chi connectivity index (χ3n) is 4.85. The Bertz CT molecular complexity index is 409. The second kappa shape index (κ2) is 6.44. The van der Waals surface area contributed by atoms with Crippen molar-refractivity contribution < 1.29 is 0 Å². The average molecular weight is 338 g/mol. The molecule has 1 aromatic heterocycles. The molecule has 0 atom stereocenters. The van der Waals surface area contributed by atoms with Gasteiger partial charge in [0.2, 0.25) is 0 Å². The lowest BCUT2D eigenvalue weighted by Gasteiger charge is -2.40. The number of anilines is 1. The highest BCUT2D eigenvalue weighted by atomic mass is 79.9. The van der Waals surface area contributed by atoms with Crippen LogP contribution < -0.4 is 4.90 Å². The summed E-state index contributed by atoms with van der Waals surface area (Å²) < 4.78 is 0. The molecule has 110 valence electrons. The highest BCUT2D eigenvalue weighted by Crippen LogP contribution is 2.40. The van der Waals surface area contributed by atoms with Crippen LogP contribution in [0.4, 0.5) is 5.82 Å². The zero-order chi connectivity index (χ0) is 13.8. The maximum atomic E-state index is 4.46. The highest BCUT2D eigenvalue weighted by molar-refractivity contribution is 9.09. The molecule has 20 heavy (non-hydrogen) atoms. The molecule has 0 spiro atoms. The van der Waals surface area contributed by atoms with Gasteiger partial charge in [0.05, 0.1) is 0 Å². The van der Waals surface area contributed by atoms with Crippen LogP contribution >= 0.6 is 15.9 Å². The molecular weight excluding hydrogens is 314 g/mol. The molecule has 3 nitrogen and oxygen atoms in total. The molecule has 0 bridgehead atoms. The lowest BCUT2D eigenvalue weighted by molar-refractivity contribution is 0.164. The first kappa shape index (κ1) is 14.3. The third kappa shape index (κ3) is 3.17. The van der Waals surface area contributed by atoms with Gasteiger partial charge in [0.1, 0.15) is 5.82 Å². The van der Waals surface area contributed by atoms with Crippen molar-refractivity contribution in [2.45, 2.75) is 25.7 Å². The molecule has 0 unspecified atom stereocenters. The molecule has 2 aliphatic rings. The van der Waals surface area contributed by atoms with Crippen molar-refractivity contribution >= 4 is 21.7 Å². The van der Waals surface area contributed by atoms with Crippen molar-refractivity contribution in [2.75, 3.05) is 43.0 Å². The van der Waals surface area contributed by atoms with E-state index in [4.69, 9.17) is 0 Å². The monoisotopic (exact) mass is 337 g/mol. The zero-order valence-electron chi connectivity index (χ0n) is 12.1. The average Bonchev–Trinajstić information content (AvgIpc) is 2.98. The van der Waals surface area contributed by atoms with E-state index in [1.807, 2.05) is 12.3 Å². The van der Waals surface area contributed by atoms with Gasteiger partial charge in [0.15, 0.2) is 0 Å². The number of alkyl halides is 1. The maximum absolute atomic E-state index is 4.46. The Morgan fingerprint density at radius 1 is 1.10 bits per heavy atom. The van der Waals surface area contributed by atoms with Crippen LogP contribution in [0.15, 0.2) is 24.4 Å². The van der Waals surface area contributed by atoms with Gasteiger partial charge in [-0.2, -0.15) is 0 Å². The summed E-state index contributed by atoms with van der Waals surface area (Å²) in [5, 5.41) is 1.17. The summed E-state index contributed by atoms with van der Waals surface area (Å²) in [6, 6.07) is 6.18. The number of pyridine rings is 1. The normalized spacial score (nSPS) is 23.1. The van der Waals surface area contributed by atoms with Crippen molar-refractivity contribution in [3.8, 4) is 0 Å². The number of hydrogen-bond acceptors (Lipinski definition) is 3. The molecular formula is C16H24BrN3. The number of piperazine rings is 1. The molecule has 1 saturated heterocycles. The first-order chi connectivity index (χ1) is 9.81. The molecule has 0 amide bonds. The van der Waals surface area contributed by atoms with Gasteiger partial charge in [-0.1, -0.05) is 34.8 Å². The van der Waals surface area contributed by atoms with Gasteiger partial charge in [-0.15, -0.1) is 0 Å². The smallest absolute Gasteiger partial charge is 0.128 e. The van der Waals surface area contributed by atoms with Crippen molar-refractivity contribution in [2.24, 2.45) is 5.41 Å². The molecule has 2 fully saturated rings. The predicted octanol–water partition coefficient (Wildman–Crippen LogP) is 3.16. The summed E-state index contributed by atoms with van der Waals surface area (Å²) in [5.74, 6) is 1.13. The van der Waals surface area contributed by atoms with E-state index in [2.05, 4.69) is 42.8 Å². The molecule has 1 saturated carbocycles. The van der Waals surface area contributed by atoms with Crippen molar-refractivity contribution in [1.82, 2.24) is 9.88 Å². The molecule has 3 rings (SSSR count). The van der Waals surface area contributed by atoms with Gasteiger partial charge in [-0.25, -0.2) is 4.98 Å². The van der Waals surface area contributed by atoms with E-state index in [-0.39, 0.29) is 0 Å². The minimum Gasteiger partial charge on any atom is -0.354 e. The minimum atomic E-state index is 0.549. The summed E-state index contributed by atoms with van der Waals surface area (Å²) in [4.78, 5) is 9.53. The first-order valence-electron chi connectivity index (χ1n) is 7.76. The van der Waals surface area contributed by atoms with Gasteiger partial charge >= 0.3 is 0 Å². The predicted molar refractivity (Wildman–Crippen MR) is 87.6 cm³/mol. The second-order valence-electron chi connectivity index (χ2n) is 6.29. The van der Waals surface area contributed by atoms with Crippen LogP contribution in [-0.2, 0) is 0 Å². The molecule has 1 aromatic rings. The Labute approximate surface area is 130 Å². The topological polar surface area (TPSA) is 19.4 Å². The van der Waals surface area contributed by atoms with E-state index in [0.717, 1.165) is 18.9 Å². The van der Waals surface area contributed by atoms with Gasteiger partial charge in [0.25, 0.3) is 0 Å². The molecule has 0 radical (unpaired) electrons. The Morgan fingerprint density at radius 2 is 1.85 bits per heavy atom. The largest absolute Gasteiger partial charge is 0.354 e. The summed E-state index contributed by atoms with van der Waals surface area (Å²) in [6.07, 6.45) is 7.52. The lowest BCUT2D eigenvalue weighted by atomic mass is 9.88. The fourth-order valence-corrected chi connectivity index (χ4v) is 4.35. The molecule has 0 aromatic carbocycles. The second-order valence-corrected chi connectivity index (χ2v) is 6.85. The lowest BCUT2D eigenvalue weighted by Crippen LogP contribution is -2.50. The van der Waals surface area contributed by atoms with E-state index in [1.54, 1.807) is 0 Å². The molecule has 4 heteroatoms.